The van der Waals surface area contributed by atoms with Crippen molar-refractivity contribution in [2.75, 3.05) is 6.61 Å². The van der Waals surface area contributed by atoms with Crippen LogP contribution in [0.25, 0.3) is 0 Å². The second-order valence-electron chi connectivity index (χ2n) is 12.2. The third-order valence-corrected chi connectivity index (χ3v) is 13.3. The summed E-state index contributed by atoms with van der Waals surface area (Å²) >= 11 is 0. The minimum absolute atomic E-state index is 0.00510. The van der Waals surface area contributed by atoms with Crippen LogP contribution in [-0.4, -0.2) is 33.2 Å². The van der Waals surface area contributed by atoms with E-state index in [2.05, 4.69) is 116 Å². The molecule has 1 saturated carbocycles. The van der Waals surface area contributed by atoms with E-state index in [1.54, 1.807) is 0 Å². The van der Waals surface area contributed by atoms with Crippen LogP contribution in [0.15, 0.2) is 72.7 Å². The first-order chi connectivity index (χ1) is 15.9. The van der Waals surface area contributed by atoms with E-state index in [0.717, 1.165) is 24.9 Å². The highest BCUT2D eigenvalue weighted by Gasteiger charge is 2.54. The molecule has 0 spiro atoms. The summed E-state index contributed by atoms with van der Waals surface area (Å²) in [6, 6.07) is 21.8. The van der Waals surface area contributed by atoms with Gasteiger partial charge in [-0.05, 0) is 73.3 Å². The zero-order chi connectivity index (χ0) is 24.8. The minimum atomic E-state index is -2.48. The average Bonchev–Trinajstić information content (AvgIpc) is 2.97. The summed E-state index contributed by atoms with van der Waals surface area (Å²) in [5, 5.41) is 2.68. The van der Waals surface area contributed by atoms with Crippen LogP contribution in [0.3, 0.4) is 0 Å². The van der Waals surface area contributed by atoms with E-state index in [1.165, 1.54) is 10.4 Å². The normalized spacial score (nSPS) is 24.0. The van der Waals surface area contributed by atoms with Gasteiger partial charge >= 0.3 is 7.12 Å². The molecule has 3 nitrogen and oxygen atoms in total. The molecule has 1 aliphatic carbocycles. The fourth-order valence-electron chi connectivity index (χ4n) is 5.37. The van der Waals surface area contributed by atoms with Crippen molar-refractivity contribution in [2.24, 2.45) is 11.8 Å². The molecule has 2 fully saturated rings. The zero-order valence-corrected chi connectivity index (χ0v) is 23.1. The number of hydrogen-bond donors (Lipinski definition) is 0. The molecular weight excluding hydrogens is 435 g/mol. The molecule has 1 aliphatic heterocycles. The predicted octanol–water partition coefficient (Wildman–Crippen LogP) is 5.78. The van der Waals surface area contributed by atoms with E-state index in [-0.39, 0.29) is 23.4 Å². The summed E-state index contributed by atoms with van der Waals surface area (Å²) in [6.45, 7) is 20.6. The van der Waals surface area contributed by atoms with Crippen molar-refractivity contribution >= 4 is 25.8 Å². The molecule has 2 aromatic rings. The van der Waals surface area contributed by atoms with Crippen LogP contribution >= 0.6 is 0 Å². The van der Waals surface area contributed by atoms with Gasteiger partial charge in [0.2, 0.25) is 0 Å². The number of rotatable bonds is 7. The van der Waals surface area contributed by atoms with Crippen molar-refractivity contribution in [3.63, 3.8) is 0 Å². The fraction of sp³-hybridized carbons (Fsp3) is 0.517. The summed E-state index contributed by atoms with van der Waals surface area (Å²) in [5.74, 6) is 0.966. The lowest BCUT2D eigenvalue weighted by Gasteiger charge is -2.45. The predicted molar refractivity (Wildman–Crippen MR) is 145 cm³/mol. The third-order valence-electron chi connectivity index (χ3n) is 8.27. The Morgan fingerprint density at radius 1 is 0.912 bits per heavy atom. The molecule has 2 aromatic carbocycles. The van der Waals surface area contributed by atoms with Gasteiger partial charge in [-0.2, -0.15) is 0 Å². The standard InChI is InChI=1S/C29H41BO3Si/c1-22(30-32-28(5,6)29(7,8)33-30)24-19-23(20-24)21-31-34(27(2,3)4,25-15-11-9-12-16-25)26-17-13-10-14-18-26/h9-18,23-24H,1,19-21H2,2-8H3. The molecular formula is C29H41BO3Si. The largest absolute Gasteiger partial charge is 0.490 e. The molecule has 0 N–H and O–H groups in total. The van der Waals surface area contributed by atoms with Crippen molar-refractivity contribution in [1.82, 2.24) is 0 Å². The van der Waals surface area contributed by atoms with Crippen LogP contribution in [0, 0.1) is 11.8 Å². The van der Waals surface area contributed by atoms with Gasteiger partial charge in [0.05, 0.1) is 11.2 Å². The Balaban J connectivity index is 1.48. The molecule has 182 valence electrons. The number of allylic oxidation sites excluding steroid dienone is 1. The number of benzene rings is 2. The van der Waals surface area contributed by atoms with E-state index in [9.17, 15) is 0 Å². The second kappa shape index (κ2) is 9.09. The molecule has 4 rings (SSSR count). The quantitative estimate of drug-likeness (QED) is 0.475. The molecule has 2 aliphatic rings. The SMILES string of the molecule is C=C(B1OC(C)(C)C(C)(C)O1)C1CC(CO[Si](c2ccccc2)(c2ccccc2)C(C)(C)C)C1. The van der Waals surface area contributed by atoms with E-state index < -0.39 is 8.32 Å². The molecule has 0 amide bonds. The van der Waals surface area contributed by atoms with Crippen molar-refractivity contribution in [3.8, 4) is 0 Å². The first-order valence-electron chi connectivity index (χ1n) is 12.7. The van der Waals surface area contributed by atoms with Gasteiger partial charge in [-0.25, -0.2) is 0 Å². The van der Waals surface area contributed by atoms with Crippen molar-refractivity contribution < 1.29 is 13.7 Å². The lowest BCUT2D eigenvalue weighted by Crippen LogP contribution is -2.67. The highest BCUT2D eigenvalue weighted by molar-refractivity contribution is 6.99. The Morgan fingerprint density at radius 3 is 1.76 bits per heavy atom. The molecule has 0 radical (unpaired) electrons. The topological polar surface area (TPSA) is 27.7 Å². The maximum Gasteiger partial charge on any atom is 0.490 e. The summed E-state index contributed by atoms with van der Waals surface area (Å²) in [6.07, 6.45) is 2.17. The third kappa shape index (κ3) is 4.48. The maximum atomic E-state index is 7.14. The first-order valence-corrected chi connectivity index (χ1v) is 14.6. The van der Waals surface area contributed by atoms with Gasteiger partial charge in [0, 0.05) is 6.61 Å². The minimum Gasteiger partial charge on any atom is -0.407 e. The van der Waals surface area contributed by atoms with E-state index in [4.69, 9.17) is 13.7 Å². The van der Waals surface area contributed by atoms with Crippen LogP contribution in [0.4, 0.5) is 0 Å². The summed E-state index contributed by atoms with van der Waals surface area (Å²) in [7, 11) is -2.79. The summed E-state index contributed by atoms with van der Waals surface area (Å²) in [5.41, 5.74) is 0.437. The molecule has 34 heavy (non-hydrogen) atoms. The van der Waals surface area contributed by atoms with Crippen LogP contribution < -0.4 is 10.4 Å². The highest BCUT2D eigenvalue weighted by Crippen LogP contribution is 2.46. The fourth-order valence-corrected chi connectivity index (χ4v) is 10.0. The van der Waals surface area contributed by atoms with Crippen molar-refractivity contribution in [3.05, 3.63) is 72.7 Å². The average molecular weight is 477 g/mol. The number of hydrogen-bond acceptors (Lipinski definition) is 3. The molecule has 0 atom stereocenters. The summed E-state index contributed by atoms with van der Waals surface area (Å²) < 4.78 is 19.6. The van der Waals surface area contributed by atoms with E-state index in [1.807, 2.05) is 0 Å². The van der Waals surface area contributed by atoms with E-state index in [0.29, 0.717) is 11.8 Å². The first kappa shape index (κ1) is 25.4. The molecule has 5 heteroatoms. The van der Waals surface area contributed by atoms with Gasteiger partial charge in [-0.15, -0.1) is 6.58 Å². The van der Waals surface area contributed by atoms with Crippen molar-refractivity contribution in [1.29, 1.82) is 0 Å². The van der Waals surface area contributed by atoms with Gasteiger partial charge in [0.25, 0.3) is 8.32 Å². The van der Waals surface area contributed by atoms with E-state index >= 15 is 0 Å². The molecule has 1 saturated heterocycles. The Morgan fingerprint density at radius 2 is 1.35 bits per heavy atom. The lowest BCUT2D eigenvalue weighted by atomic mass is 9.61. The van der Waals surface area contributed by atoms with Crippen LogP contribution in [0.5, 0.6) is 0 Å². The van der Waals surface area contributed by atoms with Gasteiger partial charge in [0.1, 0.15) is 0 Å². The van der Waals surface area contributed by atoms with Crippen LogP contribution in [-0.2, 0) is 13.7 Å². The highest BCUT2D eigenvalue weighted by atomic mass is 28.4. The molecule has 0 aromatic heterocycles. The lowest BCUT2D eigenvalue weighted by molar-refractivity contribution is 0.00578. The van der Waals surface area contributed by atoms with Gasteiger partial charge in [-0.1, -0.05) is 81.4 Å². The van der Waals surface area contributed by atoms with Crippen molar-refractivity contribution in [2.45, 2.75) is 77.5 Å². The smallest absolute Gasteiger partial charge is 0.407 e. The molecule has 0 unspecified atom stereocenters. The molecule has 1 heterocycles. The Kier molecular flexibility index (Phi) is 6.80. The second-order valence-corrected chi connectivity index (χ2v) is 16.5. The maximum absolute atomic E-state index is 7.14. The Bertz CT molecular complexity index is 936. The monoisotopic (exact) mass is 476 g/mol. The van der Waals surface area contributed by atoms with Gasteiger partial charge in [0.15, 0.2) is 0 Å². The zero-order valence-electron chi connectivity index (χ0n) is 22.1. The summed E-state index contributed by atoms with van der Waals surface area (Å²) in [4.78, 5) is 0. The van der Waals surface area contributed by atoms with Crippen LogP contribution in [0.1, 0.15) is 61.3 Å². The van der Waals surface area contributed by atoms with Gasteiger partial charge in [-0.3, -0.25) is 0 Å². The molecule has 0 bridgehead atoms. The van der Waals surface area contributed by atoms with Crippen LogP contribution in [0.2, 0.25) is 5.04 Å². The van der Waals surface area contributed by atoms with Gasteiger partial charge < -0.3 is 13.7 Å². The Hall–Kier alpha value is -1.66. The Labute approximate surface area is 208 Å².